The number of anilines is 2. The van der Waals surface area contributed by atoms with E-state index in [4.69, 9.17) is 21.1 Å². The van der Waals surface area contributed by atoms with Crippen molar-refractivity contribution in [3.8, 4) is 11.5 Å². The molecular weight excluding hydrogens is 436 g/mol. The lowest BCUT2D eigenvalue weighted by molar-refractivity contribution is -0.116. The van der Waals surface area contributed by atoms with Crippen LogP contribution in [0.1, 0.15) is 35.9 Å². The van der Waals surface area contributed by atoms with E-state index in [-0.39, 0.29) is 17.7 Å². The van der Waals surface area contributed by atoms with Gasteiger partial charge in [-0.1, -0.05) is 35.9 Å². The van der Waals surface area contributed by atoms with E-state index in [1.807, 2.05) is 66.7 Å². The Balaban J connectivity index is 1.62. The number of ether oxygens (including phenoxy) is 2. The van der Waals surface area contributed by atoms with Crippen molar-refractivity contribution in [2.24, 2.45) is 0 Å². The molecule has 0 bridgehead atoms. The van der Waals surface area contributed by atoms with Crippen molar-refractivity contribution in [3.63, 3.8) is 0 Å². The molecule has 0 radical (unpaired) electrons. The summed E-state index contributed by atoms with van der Waals surface area (Å²) in [5.41, 5.74) is 5.58. The monoisotopic (exact) mass is 460 g/mol. The molecule has 5 nitrogen and oxygen atoms in total. The molecule has 0 aromatic heterocycles. The predicted molar refractivity (Wildman–Crippen MR) is 131 cm³/mol. The maximum atomic E-state index is 13.7. The number of ketones is 1. The number of carbonyl (C=O) groups excluding carboxylic acids is 1. The van der Waals surface area contributed by atoms with E-state index < -0.39 is 0 Å². The molecule has 168 valence electrons. The first kappa shape index (κ1) is 21.4. The Hall–Kier alpha value is -3.44. The number of para-hydroxylation sites is 2. The van der Waals surface area contributed by atoms with Crippen LogP contribution in [0.2, 0.25) is 5.02 Å². The van der Waals surface area contributed by atoms with E-state index in [0.29, 0.717) is 22.9 Å². The SMILES string of the molecule is COc1ccc(C2Nc3ccccc3NC3=C2C(=O)CC(c2ccc(Cl)cc2)C3)c(OC)c1. The van der Waals surface area contributed by atoms with Crippen LogP contribution in [-0.4, -0.2) is 20.0 Å². The van der Waals surface area contributed by atoms with Gasteiger partial charge in [-0.15, -0.1) is 0 Å². The molecule has 0 fully saturated rings. The first-order valence-electron chi connectivity index (χ1n) is 10.9. The molecule has 3 aromatic rings. The van der Waals surface area contributed by atoms with E-state index in [0.717, 1.165) is 40.2 Å². The maximum Gasteiger partial charge on any atom is 0.163 e. The van der Waals surface area contributed by atoms with Gasteiger partial charge in [0.25, 0.3) is 0 Å². The standard InChI is InChI=1S/C27H25ClN2O3/c1-32-19-11-12-20(25(15-19)33-2)27-26-23(29-21-5-3-4-6-22(21)30-27)13-17(14-24(26)31)16-7-9-18(28)10-8-16/h3-12,15,17,27,29-30H,13-14H2,1-2H3. The molecule has 5 rings (SSSR count). The summed E-state index contributed by atoms with van der Waals surface area (Å²) in [6, 6.07) is 21.2. The Labute approximate surface area is 198 Å². The molecule has 3 aromatic carbocycles. The molecule has 2 atom stereocenters. The highest BCUT2D eigenvalue weighted by atomic mass is 35.5. The maximum absolute atomic E-state index is 13.7. The van der Waals surface area contributed by atoms with Gasteiger partial charge in [0.2, 0.25) is 0 Å². The van der Waals surface area contributed by atoms with Gasteiger partial charge in [0.05, 0.1) is 31.6 Å². The average molecular weight is 461 g/mol. The number of methoxy groups -OCH3 is 2. The Bertz CT molecular complexity index is 1240. The average Bonchev–Trinajstić information content (AvgIpc) is 3.00. The van der Waals surface area contributed by atoms with Gasteiger partial charge in [0.1, 0.15) is 11.5 Å². The molecule has 1 aliphatic heterocycles. The Morgan fingerprint density at radius 3 is 2.39 bits per heavy atom. The molecule has 33 heavy (non-hydrogen) atoms. The fourth-order valence-corrected chi connectivity index (χ4v) is 4.88. The molecule has 2 N–H and O–H groups in total. The lowest BCUT2D eigenvalue weighted by atomic mass is 9.78. The van der Waals surface area contributed by atoms with Crippen molar-refractivity contribution >= 4 is 28.8 Å². The zero-order valence-corrected chi connectivity index (χ0v) is 19.3. The number of rotatable bonds is 4. The van der Waals surface area contributed by atoms with E-state index in [2.05, 4.69) is 10.6 Å². The summed E-state index contributed by atoms with van der Waals surface area (Å²) in [6.07, 6.45) is 1.17. The zero-order chi connectivity index (χ0) is 22.9. The summed E-state index contributed by atoms with van der Waals surface area (Å²) in [5, 5.41) is 7.86. The van der Waals surface area contributed by atoms with Gasteiger partial charge < -0.3 is 20.1 Å². The fourth-order valence-electron chi connectivity index (χ4n) is 4.75. The minimum atomic E-state index is -0.351. The number of allylic oxidation sites excluding steroid dienone is 1. The summed E-state index contributed by atoms with van der Waals surface area (Å²) in [7, 11) is 3.26. The van der Waals surface area contributed by atoms with Crippen LogP contribution in [0, 0.1) is 0 Å². The van der Waals surface area contributed by atoms with E-state index >= 15 is 0 Å². The molecular formula is C27H25ClN2O3. The summed E-state index contributed by atoms with van der Waals surface area (Å²) in [5.74, 6) is 1.58. The first-order valence-corrected chi connectivity index (χ1v) is 11.3. The van der Waals surface area contributed by atoms with Crippen LogP contribution in [0.4, 0.5) is 11.4 Å². The lowest BCUT2D eigenvalue weighted by Crippen LogP contribution is -2.27. The van der Waals surface area contributed by atoms with Crippen molar-refractivity contribution in [2.45, 2.75) is 24.8 Å². The fraction of sp³-hybridized carbons (Fsp3) is 0.222. The molecule has 2 unspecified atom stereocenters. The molecule has 6 heteroatoms. The van der Waals surface area contributed by atoms with Crippen LogP contribution in [-0.2, 0) is 4.79 Å². The molecule has 2 aliphatic rings. The molecule has 0 saturated heterocycles. The molecule has 1 aliphatic carbocycles. The quantitative estimate of drug-likeness (QED) is 0.476. The van der Waals surface area contributed by atoms with Crippen LogP contribution >= 0.6 is 11.6 Å². The Morgan fingerprint density at radius 1 is 0.909 bits per heavy atom. The van der Waals surface area contributed by atoms with Crippen molar-refractivity contribution in [1.82, 2.24) is 0 Å². The molecule has 1 heterocycles. The largest absolute Gasteiger partial charge is 0.497 e. The third-order valence-corrected chi connectivity index (χ3v) is 6.65. The number of nitrogens with one attached hydrogen (secondary N) is 2. The van der Waals surface area contributed by atoms with E-state index in [1.54, 1.807) is 14.2 Å². The summed E-state index contributed by atoms with van der Waals surface area (Å²) in [4.78, 5) is 13.7. The number of Topliss-reactive ketones (excluding diaryl/α,β-unsaturated/α-hetero) is 1. The number of benzene rings is 3. The Kier molecular flexibility index (Phi) is 5.73. The Morgan fingerprint density at radius 2 is 1.67 bits per heavy atom. The summed E-state index contributed by atoms with van der Waals surface area (Å²) in [6.45, 7) is 0. The number of hydrogen-bond acceptors (Lipinski definition) is 5. The predicted octanol–water partition coefficient (Wildman–Crippen LogP) is 6.34. The van der Waals surface area contributed by atoms with Crippen LogP contribution in [0.25, 0.3) is 0 Å². The van der Waals surface area contributed by atoms with Gasteiger partial charge in [-0.25, -0.2) is 0 Å². The number of halogens is 1. The van der Waals surface area contributed by atoms with Crippen LogP contribution < -0.4 is 20.1 Å². The molecule has 0 amide bonds. The van der Waals surface area contributed by atoms with E-state index in [1.165, 1.54) is 0 Å². The highest BCUT2D eigenvalue weighted by Crippen LogP contribution is 2.46. The van der Waals surface area contributed by atoms with Gasteiger partial charge in [0, 0.05) is 34.3 Å². The molecule has 0 saturated carbocycles. The van der Waals surface area contributed by atoms with Gasteiger partial charge in [0.15, 0.2) is 5.78 Å². The highest BCUT2D eigenvalue weighted by Gasteiger charge is 2.37. The number of carbonyl (C=O) groups is 1. The van der Waals surface area contributed by atoms with Crippen molar-refractivity contribution in [1.29, 1.82) is 0 Å². The second-order valence-corrected chi connectivity index (χ2v) is 8.76. The zero-order valence-electron chi connectivity index (χ0n) is 18.5. The molecule has 0 spiro atoms. The van der Waals surface area contributed by atoms with Gasteiger partial charge in [-0.05, 0) is 54.3 Å². The van der Waals surface area contributed by atoms with Crippen molar-refractivity contribution in [3.05, 3.63) is 94.1 Å². The highest BCUT2D eigenvalue weighted by molar-refractivity contribution is 6.30. The third kappa shape index (κ3) is 4.05. The third-order valence-electron chi connectivity index (χ3n) is 6.40. The van der Waals surface area contributed by atoms with Crippen molar-refractivity contribution < 1.29 is 14.3 Å². The number of hydrogen-bond donors (Lipinski definition) is 2. The topological polar surface area (TPSA) is 59.6 Å². The lowest BCUT2D eigenvalue weighted by Gasteiger charge is -2.30. The van der Waals surface area contributed by atoms with Gasteiger partial charge in [-0.3, -0.25) is 4.79 Å². The number of fused-ring (bicyclic) bond motifs is 1. The van der Waals surface area contributed by atoms with Crippen LogP contribution in [0.3, 0.4) is 0 Å². The summed E-state index contributed by atoms with van der Waals surface area (Å²) < 4.78 is 11.1. The van der Waals surface area contributed by atoms with Crippen LogP contribution in [0.15, 0.2) is 78.0 Å². The normalized spacial score (nSPS) is 19.5. The van der Waals surface area contributed by atoms with E-state index in [9.17, 15) is 4.79 Å². The first-order chi connectivity index (χ1) is 16.1. The van der Waals surface area contributed by atoms with Crippen molar-refractivity contribution in [2.75, 3.05) is 24.9 Å². The van der Waals surface area contributed by atoms with Crippen LogP contribution in [0.5, 0.6) is 11.5 Å². The second kappa shape index (κ2) is 8.83. The smallest absolute Gasteiger partial charge is 0.163 e. The second-order valence-electron chi connectivity index (χ2n) is 8.33. The van der Waals surface area contributed by atoms with Gasteiger partial charge in [-0.2, -0.15) is 0 Å². The minimum Gasteiger partial charge on any atom is -0.497 e. The minimum absolute atomic E-state index is 0.0877. The van der Waals surface area contributed by atoms with Gasteiger partial charge >= 0.3 is 0 Å². The summed E-state index contributed by atoms with van der Waals surface area (Å²) >= 11 is 6.09.